The maximum atomic E-state index is 11.9. The van der Waals surface area contributed by atoms with Gasteiger partial charge in [0, 0.05) is 10.2 Å². The Morgan fingerprint density at radius 3 is 2.47 bits per heavy atom. The van der Waals surface area contributed by atoms with Crippen molar-refractivity contribution in [1.29, 1.82) is 0 Å². The average Bonchev–Trinajstić information content (AvgIpc) is 2.06. The molecule has 0 saturated carbocycles. The van der Waals surface area contributed by atoms with Crippen molar-refractivity contribution in [3.63, 3.8) is 0 Å². The van der Waals surface area contributed by atoms with Gasteiger partial charge in [-0.05, 0) is 39.5 Å². The highest BCUT2D eigenvalue weighted by Gasteiger charge is 2.22. The van der Waals surface area contributed by atoms with Crippen LogP contribution in [0.3, 0.4) is 0 Å². The zero-order valence-electron chi connectivity index (χ0n) is 10.1. The molecular formula is C11H17BrN2O2S. The molecule has 0 aliphatic heterocycles. The third kappa shape index (κ3) is 4.95. The van der Waals surface area contributed by atoms with Crippen molar-refractivity contribution in [2.75, 3.05) is 16.2 Å². The lowest BCUT2D eigenvalue weighted by Crippen LogP contribution is -2.26. The molecule has 0 amide bonds. The topological polar surface area (TPSA) is 72.2 Å². The van der Waals surface area contributed by atoms with Gasteiger partial charge in [-0.25, -0.2) is 8.42 Å². The lowest BCUT2D eigenvalue weighted by Gasteiger charge is -2.19. The van der Waals surface area contributed by atoms with Gasteiger partial charge in [-0.3, -0.25) is 4.72 Å². The molecule has 6 heteroatoms. The zero-order chi connectivity index (χ0) is 13.3. The van der Waals surface area contributed by atoms with Gasteiger partial charge in [0.15, 0.2) is 0 Å². The molecule has 0 saturated heterocycles. The molecule has 0 spiro atoms. The molecule has 1 aromatic rings. The molecule has 4 nitrogen and oxygen atoms in total. The number of benzene rings is 1. The Kier molecular flexibility index (Phi) is 4.09. The molecule has 1 rings (SSSR count). The summed E-state index contributed by atoms with van der Waals surface area (Å²) in [5, 5.41) is 0. The monoisotopic (exact) mass is 320 g/mol. The van der Waals surface area contributed by atoms with Crippen molar-refractivity contribution in [2.24, 2.45) is 5.41 Å². The van der Waals surface area contributed by atoms with E-state index in [0.717, 1.165) is 0 Å². The van der Waals surface area contributed by atoms with Gasteiger partial charge in [-0.2, -0.15) is 0 Å². The molecule has 0 atom stereocenters. The van der Waals surface area contributed by atoms with Crippen molar-refractivity contribution in [2.45, 2.75) is 20.8 Å². The van der Waals surface area contributed by atoms with Crippen molar-refractivity contribution >= 4 is 37.3 Å². The van der Waals surface area contributed by atoms with Crippen LogP contribution in [0.1, 0.15) is 20.8 Å². The van der Waals surface area contributed by atoms with E-state index in [-0.39, 0.29) is 11.2 Å². The van der Waals surface area contributed by atoms with Crippen LogP contribution in [0.15, 0.2) is 22.7 Å². The number of hydrogen-bond acceptors (Lipinski definition) is 3. The van der Waals surface area contributed by atoms with Gasteiger partial charge < -0.3 is 5.73 Å². The molecule has 1 aromatic carbocycles. The van der Waals surface area contributed by atoms with Crippen LogP contribution in [-0.4, -0.2) is 14.2 Å². The largest absolute Gasteiger partial charge is 0.399 e. The second kappa shape index (κ2) is 4.86. The molecule has 0 radical (unpaired) electrons. The van der Waals surface area contributed by atoms with Gasteiger partial charge in [0.2, 0.25) is 10.0 Å². The molecule has 17 heavy (non-hydrogen) atoms. The van der Waals surface area contributed by atoms with E-state index in [1.807, 2.05) is 20.8 Å². The first kappa shape index (κ1) is 14.3. The molecule has 3 N–H and O–H groups in total. The van der Waals surface area contributed by atoms with Crippen molar-refractivity contribution in [3.05, 3.63) is 22.7 Å². The first-order valence-corrected chi connectivity index (χ1v) is 7.59. The number of nitrogens with one attached hydrogen (secondary N) is 1. The van der Waals surface area contributed by atoms with Crippen LogP contribution in [0.4, 0.5) is 11.4 Å². The Hall–Kier alpha value is -0.750. The van der Waals surface area contributed by atoms with E-state index in [1.165, 1.54) is 0 Å². The normalized spacial score (nSPS) is 12.5. The van der Waals surface area contributed by atoms with Gasteiger partial charge in [-0.1, -0.05) is 20.8 Å². The number of anilines is 2. The number of rotatable bonds is 3. The fraction of sp³-hybridized carbons (Fsp3) is 0.455. The van der Waals surface area contributed by atoms with Gasteiger partial charge in [0.25, 0.3) is 0 Å². The standard InChI is InChI=1S/C11H17BrN2O2S/c1-11(2,3)7-17(15,16)14-10-6-8(13)4-5-9(10)12/h4-6,14H,7,13H2,1-3H3. The van der Waals surface area contributed by atoms with Gasteiger partial charge in [0.05, 0.1) is 11.4 Å². The second-order valence-electron chi connectivity index (χ2n) is 5.16. The van der Waals surface area contributed by atoms with Crippen LogP contribution < -0.4 is 10.5 Å². The first-order valence-electron chi connectivity index (χ1n) is 5.15. The number of halogens is 1. The summed E-state index contributed by atoms with van der Waals surface area (Å²) < 4.78 is 27.0. The highest BCUT2D eigenvalue weighted by Crippen LogP contribution is 2.27. The van der Waals surface area contributed by atoms with E-state index in [0.29, 0.717) is 15.8 Å². The van der Waals surface area contributed by atoms with Crippen LogP contribution >= 0.6 is 15.9 Å². The first-order chi connectivity index (χ1) is 7.59. The van der Waals surface area contributed by atoms with Gasteiger partial charge in [-0.15, -0.1) is 0 Å². The molecule has 0 fully saturated rings. The molecule has 0 heterocycles. The van der Waals surface area contributed by atoms with E-state index in [2.05, 4.69) is 20.7 Å². The Labute approximate surface area is 111 Å². The molecular weight excluding hydrogens is 304 g/mol. The summed E-state index contributed by atoms with van der Waals surface area (Å²) in [6, 6.07) is 5.00. The SMILES string of the molecule is CC(C)(C)CS(=O)(=O)Nc1cc(N)ccc1Br. The fourth-order valence-corrected chi connectivity index (χ4v) is 3.59. The van der Waals surface area contributed by atoms with E-state index in [9.17, 15) is 8.42 Å². The average molecular weight is 321 g/mol. The van der Waals surface area contributed by atoms with Crippen LogP contribution in [0, 0.1) is 5.41 Å². The minimum atomic E-state index is -3.37. The molecule has 0 unspecified atom stereocenters. The third-order valence-electron chi connectivity index (χ3n) is 1.88. The Morgan fingerprint density at radius 2 is 1.94 bits per heavy atom. The summed E-state index contributed by atoms with van der Waals surface area (Å²) in [6.07, 6.45) is 0. The number of nitrogens with two attached hydrogens (primary N) is 1. The summed E-state index contributed by atoms with van der Waals surface area (Å²) >= 11 is 3.28. The van der Waals surface area contributed by atoms with Gasteiger partial charge >= 0.3 is 0 Å². The van der Waals surface area contributed by atoms with Gasteiger partial charge in [0.1, 0.15) is 0 Å². The van der Waals surface area contributed by atoms with Crippen LogP contribution in [-0.2, 0) is 10.0 Å². The van der Waals surface area contributed by atoms with E-state index in [1.54, 1.807) is 18.2 Å². The number of sulfonamides is 1. The van der Waals surface area contributed by atoms with E-state index in [4.69, 9.17) is 5.73 Å². The quantitative estimate of drug-likeness (QED) is 0.841. The van der Waals surface area contributed by atoms with E-state index >= 15 is 0 Å². The lowest BCUT2D eigenvalue weighted by molar-refractivity contribution is 0.463. The summed E-state index contributed by atoms with van der Waals surface area (Å²) in [4.78, 5) is 0. The van der Waals surface area contributed by atoms with Crippen LogP contribution in [0.5, 0.6) is 0 Å². The second-order valence-corrected chi connectivity index (χ2v) is 7.74. The van der Waals surface area contributed by atoms with Crippen LogP contribution in [0.2, 0.25) is 0 Å². The molecule has 0 aromatic heterocycles. The predicted molar refractivity (Wildman–Crippen MR) is 75.4 cm³/mol. The number of nitrogen functional groups attached to an aromatic ring is 1. The fourth-order valence-electron chi connectivity index (χ4n) is 1.39. The smallest absolute Gasteiger partial charge is 0.233 e. The lowest BCUT2D eigenvalue weighted by atomic mass is 10.0. The zero-order valence-corrected chi connectivity index (χ0v) is 12.5. The number of hydrogen-bond donors (Lipinski definition) is 2. The van der Waals surface area contributed by atoms with Crippen LogP contribution in [0.25, 0.3) is 0 Å². The van der Waals surface area contributed by atoms with Crippen molar-refractivity contribution < 1.29 is 8.42 Å². The predicted octanol–water partition coefficient (Wildman–Crippen LogP) is 2.82. The maximum Gasteiger partial charge on any atom is 0.233 e. The molecule has 0 bridgehead atoms. The Morgan fingerprint density at radius 1 is 1.35 bits per heavy atom. The Bertz CT molecular complexity index is 507. The minimum absolute atomic E-state index is 0.0568. The summed E-state index contributed by atoms with van der Waals surface area (Å²) in [7, 11) is -3.37. The van der Waals surface area contributed by atoms with E-state index < -0.39 is 10.0 Å². The summed E-state index contributed by atoms with van der Waals surface area (Å²) in [5.74, 6) is 0.0568. The molecule has 0 aliphatic carbocycles. The molecule has 0 aliphatic rings. The maximum absolute atomic E-state index is 11.9. The van der Waals surface area contributed by atoms with Crippen molar-refractivity contribution in [1.82, 2.24) is 0 Å². The minimum Gasteiger partial charge on any atom is -0.399 e. The highest BCUT2D eigenvalue weighted by atomic mass is 79.9. The highest BCUT2D eigenvalue weighted by molar-refractivity contribution is 9.10. The third-order valence-corrected chi connectivity index (χ3v) is 4.35. The van der Waals surface area contributed by atoms with Crippen molar-refractivity contribution in [3.8, 4) is 0 Å². The molecule has 96 valence electrons. The summed E-state index contributed by atoms with van der Waals surface area (Å²) in [6.45, 7) is 5.63. The summed E-state index contributed by atoms with van der Waals surface area (Å²) in [5.41, 5.74) is 6.31. The Balaban J connectivity index is 2.94.